The molecule has 3 nitrogen and oxygen atoms in total. The molecule has 4 heteroatoms. The number of methoxy groups -OCH3 is 1. The maximum absolute atomic E-state index is 5.29. The minimum Gasteiger partial charge on any atom is -0.497 e. The number of nitrogens with one attached hydrogen (secondary N) is 2. The van der Waals surface area contributed by atoms with Crippen LogP contribution in [0.25, 0.3) is 0 Å². The Balaban J connectivity index is 2.54. The first-order valence-electron chi connectivity index (χ1n) is 6.04. The Labute approximate surface area is 115 Å². The van der Waals surface area contributed by atoms with E-state index >= 15 is 0 Å². The third-order valence-corrected chi connectivity index (χ3v) is 3.21. The highest BCUT2D eigenvalue weighted by atomic mass is 32.1. The fraction of sp³-hybridized carbons (Fsp3) is 0.500. The largest absolute Gasteiger partial charge is 0.497 e. The molecule has 0 fully saturated rings. The third-order valence-electron chi connectivity index (χ3n) is 2.99. The summed E-state index contributed by atoms with van der Waals surface area (Å²) in [6, 6.07) is 7.98. The summed E-state index contributed by atoms with van der Waals surface area (Å²) in [7, 11) is 1.65. The van der Waals surface area contributed by atoms with Gasteiger partial charge in [0.1, 0.15) is 5.75 Å². The summed E-state index contributed by atoms with van der Waals surface area (Å²) in [6.45, 7) is 8.67. The first kappa shape index (κ1) is 14.8. The van der Waals surface area contributed by atoms with E-state index in [2.05, 4.69) is 38.3 Å². The average Bonchev–Trinajstić information content (AvgIpc) is 2.28. The molecule has 0 bridgehead atoms. The van der Waals surface area contributed by atoms with Gasteiger partial charge in [-0.3, -0.25) is 0 Å². The van der Waals surface area contributed by atoms with E-state index < -0.39 is 0 Å². The Kier molecular flexibility index (Phi) is 4.96. The standard InChI is InChI=1S/C14H22N2OS/c1-10(14(2,3)4)15-13(18)16-11-6-8-12(17-5)9-7-11/h6-10H,1-5H3,(H2,15,16,18). The Morgan fingerprint density at radius 3 is 2.22 bits per heavy atom. The van der Waals surface area contributed by atoms with Crippen molar-refractivity contribution in [2.24, 2.45) is 5.41 Å². The van der Waals surface area contributed by atoms with Gasteiger partial charge >= 0.3 is 0 Å². The normalized spacial score (nSPS) is 12.7. The minimum atomic E-state index is 0.172. The van der Waals surface area contributed by atoms with Crippen molar-refractivity contribution in [2.45, 2.75) is 33.7 Å². The second-order valence-corrected chi connectivity index (χ2v) is 5.82. The van der Waals surface area contributed by atoms with Crippen LogP contribution in [-0.4, -0.2) is 18.3 Å². The molecule has 0 saturated carbocycles. The van der Waals surface area contributed by atoms with Gasteiger partial charge in [0.15, 0.2) is 5.11 Å². The highest BCUT2D eigenvalue weighted by Gasteiger charge is 2.20. The zero-order valence-corrected chi connectivity index (χ0v) is 12.5. The second-order valence-electron chi connectivity index (χ2n) is 5.41. The number of hydrogen-bond donors (Lipinski definition) is 2. The van der Waals surface area contributed by atoms with Crippen LogP contribution in [0.3, 0.4) is 0 Å². The fourth-order valence-corrected chi connectivity index (χ4v) is 1.55. The molecular formula is C14H22N2OS. The number of hydrogen-bond acceptors (Lipinski definition) is 2. The van der Waals surface area contributed by atoms with Crippen LogP contribution in [0.15, 0.2) is 24.3 Å². The lowest BCUT2D eigenvalue weighted by Gasteiger charge is -2.29. The van der Waals surface area contributed by atoms with Gasteiger partial charge in [0.2, 0.25) is 0 Å². The maximum atomic E-state index is 5.29. The molecule has 100 valence electrons. The van der Waals surface area contributed by atoms with Crippen molar-refractivity contribution >= 4 is 23.0 Å². The summed E-state index contributed by atoms with van der Waals surface area (Å²) < 4.78 is 5.11. The van der Waals surface area contributed by atoms with Crippen LogP contribution in [-0.2, 0) is 0 Å². The topological polar surface area (TPSA) is 33.3 Å². The van der Waals surface area contributed by atoms with Crippen LogP contribution < -0.4 is 15.4 Å². The van der Waals surface area contributed by atoms with Crippen LogP contribution in [0.5, 0.6) is 5.75 Å². The fourth-order valence-electron chi connectivity index (χ4n) is 1.25. The van der Waals surface area contributed by atoms with Gasteiger partial charge in [-0.05, 0) is 48.8 Å². The third kappa shape index (κ3) is 4.53. The van der Waals surface area contributed by atoms with E-state index in [4.69, 9.17) is 17.0 Å². The van der Waals surface area contributed by atoms with E-state index in [0.29, 0.717) is 11.2 Å². The van der Waals surface area contributed by atoms with Gasteiger partial charge in [0, 0.05) is 11.7 Å². The van der Waals surface area contributed by atoms with Gasteiger partial charge in [-0.25, -0.2) is 0 Å². The van der Waals surface area contributed by atoms with E-state index in [0.717, 1.165) is 11.4 Å². The zero-order chi connectivity index (χ0) is 13.8. The van der Waals surface area contributed by atoms with Crippen molar-refractivity contribution in [3.05, 3.63) is 24.3 Å². The van der Waals surface area contributed by atoms with Crippen molar-refractivity contribution in [3.8, 4) is 5.75 Å². The summed E-state index contributed by atoms with van der Waals surface area (Å²) in [5.41, 5.74) is 1.13. The summed E-state index contributed by atoms with van der Waals surface area (Å²) in [5.74, 6) is 0.836. The van der Waals surface area contributed by atoms with E-state index in [1.165, 1.54) is 0 Å². The molecule has 2 N–H and O–H groups in total. The monoisotopic (exact) mass is 266 g/mol. The van der Waals surface area contributed by atoms with Crippen LogP contribution >= 0.6 is 12.2 Å². The van der Waals surface area contributed by atoms with Gasteiger partial charge in [0.25, 0.3) is 0 Å². The average molecular weight is 266 g/mol. The number of ether oxygens (including phenoxy) is 1. The molecule has 0 saturated heterocycles. The molecule has 1 rings (SSSR count). The SMILES string of the molecule is COc1ccc(NC(=S)NC(C)C(C)(C)C)cc1. The predicted octanol–water partition coefficient (Wildman–Crippen LogP) is 3.42. The van der Waals surface area contributed by atoms with Gasteiger partial charge in [0.05, 0.1) is 7.11 Å². The van der Waals surface area contributed by atoms with E-state index in [1.807, 2.05) is 24.3 Å². The van der Waals surface area contributed by atoms with Crippen molar-refractivity contribution in [2.75, 3.05) is 12.4 Å². The van der Waals surface area contributed by atoms with Crippen LogP contribution in [0.2, 0.25) is 0 Å². The number of thiocarbonyl (C=S) groups is 1. The van der Waals surface area contributed by atoms with Gasteiger partial charge < -0.3 is 15.4 Å². The number of anilines is 1. The molecule has 0 spiro atoms. The highest BCUT2D eigenvalue weighted by Crippen LogP contribution is 2.19. The zero-order valence-electron chi connectivity index (χ0n) is 11.7. The number of benzene rings is 1. The highest BCUT2D eigenvalue weighted by molar-refractivity contribution is 7.80. The molecule has 0 aliphatic carbocycles. The van der Waals surface area contributed by atoms with Crippen LogP contribution in [0.1, 0.15) is 27.7 Å². The lowest BCUT2D eigenvalue weighted by atomic mass is 9.88. The lowest BCUT2D eigenvalue weighted by molar-refractivity contribution is 0.317. The first-order valence-corrected chi connectivity index (χ1v) is 6.45. The minimum absolute atomic E-state index is 0.172. The first-order chi connectivity index (χ1) is 8.32. The van der Waals surface area contributed by atoms with Crippen LogP contribution in [0, 0.1) is 5.41 Å². The van der Waals surface area contributed by atoms with Crippen LogP contribution in [0.4, 0.5) is 5.69 Å². The molecular weight excluding hydrogens is 244 g/mol. The lowest BCUT2D eigenvalue weighted by Crippen LogP contribution is -2.43. The smallest absolute Gasteiger partial charge is 0.171 e. The summed E-state index contributed by atoms with van der Waals surface area (Å²) >= 11 is 5.29. The summed E-state index contributed by atoms with van der Waals surface area (Å²) in [6.07, 6.45) is 0. The second kappa shape index (κ2) is 6.05. The molecule has 0 radical (unpaired) electrons. The number of rotatable bonds is 3. The molecule has 18 heavy (non-hydrogen) atoms. The Hall–Kier alpha value is -1.29. The van der Waals surface area contributed by atoms with Crippen molar-refractivity contribution < 1.29 is 4.74 Å². The van der Waals surface area contributed by atoms with Gasteiger partial charge in [-0.15, -0.1) is 0 Å². The van der Waals surface area contributed by atoms with E-state index in [-0.39, 0.29) is 5.41 Å². The van der Waals surface area contributed by atoms with Crippen molar-refractivity contribution in [1.82, 2.24) is 5.32 Å². The summed E-state index contributed by atoms with van der Waals surface area (Å²) in [4.78, 5) is 0. The van der Waals surface area contributed by atoms with Gasteiger partial charge in [-0.2, -0.15) is 0 Å². The van der Waals surface area contributed by atoms with E-state index in [9.17, 15) is 0 Å². The van der Waals surface area contributed by atoms with Crippen molar-refractivity contribution in [1.29, 1.82) is 0 Å². The molecule has 0 heterocycles. The summed E-state index contributed by atoms with van der Waals surface area (Å²) in [5, 5.41) is 7.09. The molecule has 1 aromatic carbocycles. The van der Waals surface area contributed by atoms with E-state index in [1.54, 1.807) is 7.11 Å². The van der Waals surface area contributed by atoms with Gasteiger partial charge in [-0.1, -0.05) is 20.8 Å². The quantitative estimate of drug-likeness (QED) is 0.821. The molecule has 1 aromatic rings. The molecule has 1 atom stereocenters. The Morgan fingerprint density at radius 2 is 1.78 bits per heavy atom. The maximum Gasteiger partial charge on any atom is 0.171 e. The Bertz CT molecular complexity index is 395. The predicted molar refractivity (Wildman–Crippen MR) is 81.3 cm³/mol. The molecule has 1 unspecified atom stereocenters. The molecule has 0 aliphatic rings. The Morgan fingerprint density at radius 1 is 1.22 bits per heavy atom. The van der Waals surface area contributed by atoms with Crippen molar-refractivity contribution in [3.63, 3.8) is 0 Å². The molecule has 0 amide bonds. The molecule has 0 aliphatic heterocycles. The molecule has 0 aromatic heterocycles.